The van der Waals surface area contributed by atoms with Crippen molar-refractivity contribution in [1.29, 1.82) is 0 Å². The van der Waals surface area contributed by atoms with Crippen LogP contribution in [0.1, 0.15) is 25.3 Å². The van der Waals surface area contributed by atoms with E-state index in [1.165, 1.54) is 19.2 Å². The number of benzene rings is 1. The Labute approximate surface area is 116 Å². The first-order valence-electron chi connectivity index (χ1n) is 6.25. The van der Waals surface area contributed by atoms with E-state index in [0.717, 1.165) is 4.90 Å². The summed E-state index contributed by atoms with van der Waals surface area (Å²) < 4.78 is 44.2. The van der Waals surface area contributed by atoms with Crippen LogP contribution in [0.2, 0.25) is 0 Å². The maximum absolute atomic E-state index is 13.1. The van der Waals surface area contributed by atoms with Crippen molar-refractivity contribution < 1.29 is 22.7 Å². The second-order valence-corrected chi connectivity index (χ2v) is 4.82. The van der Waals surface area contributed by atoms with E-state index in [-0.39, 0.29) is 11.7 Å². The van der Waals surface area contributed by atoms with Gasteiger partial charge in [0.15, 0.2) is 0 Å². The molecule has 1 aromatic carbocycles. The molecule has 112 valence electrons. The van der Waals surface area contributed by atoms with E-state index in [0.29, 0.717) is 0 Å². The van der Waals surface area contributed by atoms with Gasteiger partial charge in [-0.05, 0) is 19.4 Å². The van der Waals surface area contributed by atoms with Gasteiger partial charge in [0.1, 0.15) is 0 Å². The van der Waals surface area contributed by atoms with Gasteiger partial charge in [0.25, 0.3) is 0 Å². The Morgan fingerprint density at radius 3 is 2.25 bits per heavy atom. The molecule has 20 heavy (non-hydrogen) atoms. The lowest BCUT2D eigenvalue weighted by Gasteiger charge is -2.26. The highest BCUT2D eigenvalue weighted by Gasteiger charge is 2.42. The van der Waals surface area contributed by atoms with Crippen molar-refractivity contribution in [3.05, 3.63) is 35.9 Å². The Bertz CT molecular complexity index is 432. The highest BCUT2D eigenvalue weighted by Crippen LogP contribution is 2.35. The number of hydrogen-bond donors (Lipinski definition) is 0. The number of carbonyl (C=O) groups is 1. The number of amides is 1. The van der Waals surface area contributed by atoms with E-state index in [4.69, 9.17) is 4.74 Å². The Kier molecular flexibility index (Phi) is 5.42. The fourth-order valence-corrected chi connectivity index (χ4v) is 1.72. The van der Waals surface area contributed by atoms with Crippen molar-refractivity contribution in [2.75, 3.05) is 13.6 Å². The molecule has 1 amide bonds. The summed E-state index contributed by atoms with van der Waals surface area (Å²) in [5, 5.41) is 0. The van der Waals surface area contributed by atoms with E-state index in [2.05, 4.69) is 0 Å². The van der Waals surface area contributed by atoms with Crippen LogP contribution in [-0.2, 0) is 4.74 Å². The number of alkyl halides is 3. The highest BCUT2D eigenvalue weighted by atomic mass is 19.4. The van der Waals surface area contributed by atoms with Crippen molar-refractivity contribution in [1.82, 2.24) is 4.90 Å². The van der Waals surface area contributed by atoms with Gasteiger partial charge in [-0.15, -0.1) is 0 Å². The third-order valence-electron chi connectivity index (χ3n) is 2.70. The first-order chi connectivity index (χ1) is 9.21. The molecule has 1 rings (SSSR count). The van der Waals surface area contributed by atoms with E-state index < -0.39 is 24.7 Å². The van der Waals surface area contributed by atoms with Gasteiger partial charge < -0.3 is 9.64 Å². The summed E-state index contributed by atoms with van der Waals surface area (Å²) >= 11 is 0. The lowest BCUT2D eigenvalue weighted by molar-refractivity contribution is -0.153. The van der Waals surface area contributed by atoms with Crippen LogP contribution in [0.3, 0.4) is 0 Å². The van der Waals surface area contributed by atoms with Gasteiger partial charge in [0.05, 0.1) is 12.0 Å². The quantitative estimate of drug-likeness (QED) is 0.843. The number of rotatable bonds is 4. The number of halogens is 3. The summed E-state index contributed by atoms with van der Waals surface area (Å²) in [6.07, 6.45) is -5.55. The Balaban J connectivity index is 2.84. The molecule has 0 bridgehead atoms. The standard InChI is InChI=1S/C14H18F3NO2/c1-10(2)20-13(19)18(3)9-12(14(15,16)17)11-7-5-4-6-8-11/h4-8,10,12H,9H2,1-3H3. The maximum Gasteiger partial charge on any atom is 0.409 e. The third-order valence-corrected chi connectivity index (χ3v) is 2.70. The molecular weight excluding hydrogens is 271 g/mol. The average Bonchev–Trinajstić information content (AvgIpc) is 2.34. The molecule has 1 atom stereocenters. The molecule has 0 radical (unpaired) electrons. The number of carbonyl (C=O) groups excluding carboxylic acids is 1. The van der Waals surface area contributed by atoms with Crippen LogP contribution >= 0.6 is 0 Å². The number of nitrogens with zero attached hydrogens (tertiary/aromatic N) is 1. The Hall–Kier alpha value is -1.72. The monoisotopic (exact) mass is 289 g/mol. The Morgan fingerprint density at radius 2 is 1.80 bits per heavy atom. The second kappa shape index (κ2) is 6.63. The van der Waals surface area contributed by atoms with Crippen LogP contribution in [0, 0.1) is 0 Å². The zero-order valence-corrected chi connectivity index (χ0v) is 11.6. The number of likely N-dealkylation sites (N-methyl/N-ethyl adjacent to an activating group) is 1. The number of ether oxygens (including phenoxy) is 1. The lowest BCUT2D eigenvalue weighted by Crippen LogP contribution is -2.37. The molecule has 0 aliphatic carbocycles. The molecule has 0 saturated carbocycles. The smallest absolute Gasteiger partial charge is 0.409 e. The summed E-state index contributed by atoms with van der Waals surface area (Å²) in [4.78, 5) is 12.5. The van der Waals surface area contributed by atoms with Crippen molar-refractivity contribution in [3.8, 4) is 0 Å². The van der Waals surface area contributed by atoms with E-state index in [1.54, 1.807) is 32.0 Å². The van der Waals surface area contributed by atoms with E-state index in [1.807, 2.05) is 0 Å². The van der Waals surface area contributed by atoms with Gasteiger partial charge in [-0.1, -0.05) is 30.3 Å². The van der Waals surface area contributed by atoms with Crippen LogP contribution in [0.25, 0.3) is 0 Å². The molecule has 0 aliphatic rings. The summed E-state index contributed by atoms with van der Waals surface area (Å²) in [5.74, 6) is -1.73. The summed E-state index contributed by atoms with van der Waals surface area (Å²) in [6, 6.07) is 7.54. The fraction of sp³-hybridized carbons (Fsp3) is 0.500. The minimum Gasteiger partial charge on any atom is -0.447 e. The molecule has 1 aromatic rings. The van der Waals surface area contributed by atoms with Crippen molar-refractivity contribution in [2.45, 2.75) is 32.0 Å². The van der Waals surface area contributed by atoms with Gasteiger partial charge in [-0.25, -0.2) is 4.79 Å². The predicted molar refractivity (Wildman–Crippen MR) is 69.5 cm³/mol. The molecule has 1 unspecified atom stereocenters. The first kappa shape index (κ1) is 16.3. The van der Waals surface area contributed by atoms with E-state index >= 15 is 0 Å². The first-order valence-corrected chi connectivity index (χ1v) is 6.25. The van der Waals surface area contributed by atoms with Crippen molar-refractivity contribution in [2.24, 2.45) is 0 Å². The molecule has 0 fully saturated rings. The summed E-state index contributed by atoms with van der Waals surface area (Å²) in [7, 11) is 1.30. The lowest BCUT2D eigenvalue weighted by atomic mass is 9.98. The normalized spacial score (nSPS) is 13.2. The molecule has 0 N–H and O–H groups in total. The molecule has 0 heterocycles. The zero-order chi connectivity index (χ0) is 15.3. The van der Waals surface area contributed by atoms with Gasteiger partial charge in [-0.3, -0.25) is 0 Å². The van der Waals surface area contributed by atoms with E-state index in [9.17, 15) is 18.0 Å². The van der Waals surface area contributed by atoms with Crippen LogP contribution in [0.15, 0.2) is 30.3 Å². The molecule has 0 spiro atoms. The molecule has 0 aromatic heterocycles. The zero-order valence-electron chi connectivity index (χ0n) is 11.6. The highest BCUT2D eigenvalue weighted by molar-refractivity contribution is 5.67. The van der Waals surface area contributed by atoms with Crippen LogP contribution in [0.4, 0.5) is 18.0 Å². The fourth-order valence-electron chi connectivity index (χ4n) is 1.72. The molecule has 6 heteroatoms. The van der Waals surface area contributed by atoms with Crippen molar-refractivity contribution >= 4 is 6.09 Å². The largest absolute Gasteiger partial charge is 0.447 e. The topological polar surface area (TPSA) is 29.5 Å². The van der Waals surface area contributed by atoms with Gasteiger partial charge >= 0.3 is 12.3 Å². The average molecular weight is 289 g/mol. The molecule has 0 saturated heterocycles. The van der Waals surface area contributed by atoms with Gasteiger partial charge in [0.2, 0.25) is 0 Å². The second-order valence-electron chi connectivity index (χ2n) is 4.82. The summed E-state index contributed by atoms with van der Waals surface area (Å²) in [5.41, 5.74) is 0.129. The van der Waals surface area contributed by atoms with Crippen LogP contribution in [-0.4, -0.2) is 36.9 Å². The minimum atomic E-state index is -4.42. The maximum atomic E-state index is 13.1. The van der Waals surface area contributed by atoms with Crippen LogP contribution < -0.4 is 0 Å². The van der Waals surface area contributed by atoms with Crippen molar-refractivity contribution in [3.63, 3.8) is 0 Å². The minimum absolute atomic E-state index is 0.129. The Morgan fingerprint density at radius 1 is 1.25 bits per heavy atom. The van der Waals surface area contributed by atoms with Crippen LogP contribution in [0.5, 0.6) is 0 Å². The predicted octanol–water partition coefficient (Wildman–Crippen LogP) is 3.81. The third kappa shape index (κ3) is 4.75. The SMILES string of the molecule is CC(C)OC(=O)N(C)CC(c1ccccc1)C(F)(F)F. The molecule has 0 aliphatic heterocycles. The van der Waals surface area contributed by atoms with Gasteiger partial charge in [-0.2, -0.15) is 13.2 Å². The molecule has 3 nitrogen and oxygen atoms in total. The van der Waals surface area contributed by atoms with Gasteiger partial charge in [0, 0.05) is 13.6 Å². The number of hydrogen-bond acceptors (Lipinski definition) is 2. The summed E-state index contributed by atoms with van der Waals surface area (Å²) in [6.45, 7) is 2.81. The molecular formula is C14H18F3NO2.